The van der Waals surface area contributed by atoms with Crippen molar-refractivity contribution in [2.75, 3.05) is 13.2 Å². The molecule has 0 aliphatic heterocycles. The minimum atomic E-state index is 0.478. The van der Waals surface area contributed by atoms with Gasteiger partial charge in [-0.3, -0.25) is 0 Å². The van der Waals surface area contributed by atoms with Gasteiger partial charge in [0, 0.05) is 0 Å². The molecule has 0 aromatic rings. The van der Waals surface area contributed by atoms with E-state index < -0.39 is 0 Å². The largest absolute Gasteiger partial charge is 0.426 e. The van der Waals surface area contributed by atoms with Crippen molar-refractivity contribution < 1.29 is 9.16 Å². The van der Waals surface area contributed by atoms with Crippen molar-refractivity contribution in [2.45, 2.75) is 58.5 Å². The van der Waals surface area contributed by atoms with E-state index in [2.05, 4.69) is 13.8 Å². The van der Waals surface area contributed by atoms with Gasteiger partial charge in [-0.05, 0) is 12.8 Å². The van der Waals surface area contributed by atoms with Crippen molar-refractivity contribution in [3.05, 3.63) is 0 Å². The molecule has 0 unspecified atom stereocenters. The summed E-state index contributed by atoms with van der Waals surface area (Å²) in [5, 5.41) is 0. The van der Waals surface area contributed by atoms with Crippen LogP contribution in [0.3, 0.4) is 0 Å². The molecule has 0 heterocycles. The van der Waals surface area contributed by atoms with E-state index in [1.165, 1.54) is 38.5 Å². The highest BCUT2D eigenvalue weighted by atomic mass is 28.2. The van der Waals surface area contributed by atoms with Crippen LogP contribution in [0.15, 0.2) is 0 Å². The average Bonchev–Trinajstić information content (AvgIpc) is 2.21. The van der Waals surface area contributed by atoms with E-state index in [4.69, 9.17) is 9.16 Å². The lowest BCUT2D eigenvalue weighted by molar-refractivity contribution is 0.0229. The molecule has 0 saturated carbocycles. The van der Waals surface area contributed by atoms with Crippen LogP contribution >= 0.6 is 0 Å². The van der Waals surface area contributed by atoms with Crippen LogP contribution in [0.1, 0.15) is 52.4 Å². The van der Waals surface area contributed by atoms with Gasteiger partial charge >= 0.3 is 0 Å². The van der Waals surface area contributed by atoms with Gasteiger partial charge in [0.1, 0.15) is 10.5 Å². The van der Waals surface area contributed by atoms with Gasteiger partial charge in [-0.1, -0.05) is 39.5 Å². The van der Waals surface area contributed by atoms with E-state index in [0.717, 1.165) is 23.7 Å². The first-order valence-corrected chi connectivity index (χ1v) is 6.77. The minimum absolute atomic E-state index is 0.478. The predicted octanol–water partition coefficient (Wildman–Crippen LogP) is 2.05. The third kappa shape index (κ3) is 8.72. The van der Waals surface area contributed by atoms with Crippen molar-refractivity contribution in [2.24, 2.45) is 0 Å². The van der Waals surface area contributed by atoms with Gasteiger partial charge in [0.05, 0.1) is 19.3 Å². The molecule has 0 aromatic heterocycles. The topological polar surface area (TPSA) is 18.5 Å². The van der Waals surface area contributed by atoms with Gasteiger partial charge in [0.2, 0.25) is 0 Å². The fourth-order valence-corrected chi connectivity index (χ4v) is 1.64. The summed E-state index contributed by atoms with van der Waals surface area (Å²) >= 11 is 0. The Morgan fingerprint density at radius 3 is 2.00 bits per heavy atom. The second kappa shape index (κ2) is 11.2. The second-order valence-electron chi connectivity index (χ2n) is 3.77. The van der Waals surface area contributed by atoms with Crippen LogP contribution in [0.4, 0.5) is 0 Å². The summed E-state index contributed by atoms with van der Waals surface area (Å²) in [6.07, 6.45) is 8.03. The van der Waals surface area contributed by atoms with Crippen molar-refractivity contribution >= 4 is 10.5 Å². The Bertz CT molecular complexity index is 101. The minimum Gasteiger partial charge on any atom is -0.426 e. The van der Waals surface area contributed by atoms with Crippen LogP contribution in [0, 0.1) is 0 Å². The molecule has 0 atom stereocenters. The lowest BCUT2D eigenvalue weighted by Gasteiger charge is -2.17. The van der Waals surface area contributed by atoms with E-state index in [0.29, 0.717) is 6.10 Å². The zero-order valence-corrected chi connectivity index (χ0v) is 12.1. The molecule has 0 N–H and O–H groups in total. The molecule has 0 radical (unpaired) electrons. The maximum Gasteiger partial charge on any atom is 0.146 e. The van der Waals surface area contributed by atoms with Crippen LogP contribution in [0.2, 0.25) is 0 Å². The molecule has 0 aliphatic carbocycles. The lowest BCUT2D eigenvalue weighted by atomic mass is 10.1. The highest BCUT2D eigenvalue weighted by molar-refractivity contribution is 5.97. The Morgan fingerprint density at radius 1 is 1.00 bits per heavy atom. The van der Waals surface area contributed by atoms with E-state index >= 15 is 0 Å². The zero-order valence-electron chi connectivity index (χ0n) is 10.1. The molecule has 3 heteroatoms. The maximum atomic E-state index is 5.78. The number of ether oxygens (including phenoxy) is 1. The highest BCUT2D eigenvalue weighted by Gasteiger charge is 2.07. The molecule has 0 amide bonds. The van der Waals surface area contributed by atoms with Crippen LogP contribution in [0.5, 0.6) is 0 Å². The van der Waals surface area contributed by atoms with Crippen molar-refractivity contribution in [1.29, 1.82) is 0 Å². The number of rotatable bonds is 10. The normalized spacial score (nSPS) is 11.4. The first kappa shape index (κ1) is 14.1. The van der Waals surface area contributed by atoms with Gasteiger partial charge < -0.3 is 9.16 Å². The molecule has 14 heavy (non-hydrogen) atoms. The van der Waals surface area contributed by atoms with Crippen LogP contribution in [0.25, 0.3) is 0 Å². The monoisotopic (exact) mass is 218 g/mol. The molecule has 0 aliphatic rings. The zero-order chi connectivity index (χ0) is 10.6. The third-order valence-corrected chi connectivity index (χ3v) is 2.81. The summed E-state index contributed by atoms with van der Waals surface area (Å²) in [5.74, 6) is 0. The van der Waals surface area contributed by atoms with Gasteiger partial charge in [-0.25, -0.2) is 0 Å². The SMILES string of the molecule is CCCCC(CCCC)OCCO[SiH3]. The van der Waals surface area contributed by atoms with Gasteiger partial charge in [0.25, 0.3) is 0 Å². The van der Waals surface area contributed by atoms with Gasteiger partial charge in [-0.15, -0.1) is 0 Å². The standard InChI is InChI=1S/C11H26O2Si/c1-3-5-7-11(8-6-4-2)12-9-10-13-14/h11H,3-10H2,1-2,14H3. The number of hydrogen-bond donors (Lipinski definition) is 0. The lowest BCUT2D eigenvalue weighted by Crippen LogP contribution is -2.16. The molecule has 86 valence electrons. The molecule has 0 bridgehead atoms. The Labute approximate surface area is 91.9 Å². The first-order chi connectivity index (χ1) is 6.85. The molecule has 0 aromatic carbocycles. The summed E-state index contributed by atoms with van der Waals surface area (Å²) in [7, 11) is 0.825. The quantitative estimate of drug-likeness (QED) is 0.413. The summed E-state index contributed by atoms with van der Waals surface area (Å²) < 4.78 is 10.9. The third-order valence-electron chi connectivity index (χ3n) is 2.40. The Hall–Kier alpha value is 0.137. The van der Waals surface area contributed by atoms with Crippen molar-refractivity contribution in [3.8, 4) is 0 Å². The van der Waals surface area contributed by atoms with E-state index in [1.807, 2.05) is 0 Å². The predicted molar refractivity (Wildman–Crippen MR) is 64.7 cm³/mol. The molecular weight excluding hydrogens is 192 g/mol. The second-order valence-corrected chi connectivity index (χ2v) is 4.35. The summed E-state index contributed by atoms with van der Waals surface area (Å²) in [6.45, 7) is 6.03. The van der Waals surface area contributed by atoms with E-state index in [1.54, 1.807) is 0 Å². The highest BCUT2D eigenvalue weighted by Crippen LogP contribution is 2.12. The van der Waals surface area contributed by atoms with Crippen LogP contribution in [-0.2, 0) is 9.16 Å². The van der Waals surface area contributed by atoms with E-state index in [9.17, 15) is 0 Å². The summed E-state index contributed by atoms with van der Waals surface area (Å²) in [6, 6.07) is 0. The van der Waals surface area contributed by atoms with Crippen molar-refractivity contribution in [1.82, 2.24) is 0 Å². The molecule has 0 spiro atoms. The van der Waals surface area contributed by atoms with Crippen molar-refractivity contribution in [3.63, 3.8) is 0 Å². The van der Waals surface area contributed by atoms with E-state index in [-0.39, 0.29) is 0 Å². The molecule has 0 saturated heterocycles. The molecule has 0 fully saturated rings. The van der Waals surface area contributed by atoms with Crippen LogP contribution < -0.4 is 0 Å². The Kier molecular flexibility index (Phi) is 11.3. The first-order valence-electron chi connectivity index (χ1n) is 5.95. The Balaban J connectivity index is 3.49. The fourth-order valence-electron chi connectivity index (χ4n) is 1.47. The Morgan fingerprint density at radius 2 is 1.57 bits per heavy atom. The smallest absolute Gasteiger partial charge is 0.146 e. The average molecular weight is 218 g/mol. The number of hydrogen-bond acceptors (Lipinski definition) is 2. The van der Waals surface area contributed by atoms with Crippen LogP contribution in [-0.4, -0.2) is 29.8 Å². The van der Waals surface area contributed by atoms with Gasteiger partial charge in [0.15, 0.2) is 0 Å². The molecule has 2 nitrogen and oxygen atoms in total. The summed E-state index contributed by atoms with van der Waals surface area (Å²) in [4.78, 5) is 0. The fraction of sp³-hybridized carbons (Fsp3) is 1.00. The van der Waals surface area contributed by atoms with Gasteiger partial charge in [-0.2, -0.15) is 0 Å². The maximum absolute atomic E-state index is 5.78. The molecular formula is C11H26O2Si. The number of unbranched alkanes of at least 4 members (excludes halogenated alkanes) is 2. The summed E-state index contributed by atoms with van der Waals surface area (Å²) in [5.41, 5.74) is 0. The molecule has 0 rings (SSSR count).